The Morgan fingerprint density at radius 2 is 1.82 bits per heavy atom. The molecule has 0 aromatic carbocycles. The van der Waals surface area contributed by atoms with Crippen molar-refractivity contribution in [1.82, 2.24) is 4.90 Å². The zero-order valence-electron chi connectivity index (χ0n) is 11.4. The van der Waals surface area contributed by atoms with Crippen molar-refractivity contribution in [1.29, 1.82) is 0 Å². The largest absolute Gasteiger partial charge is 0.372 e. The smallest absolute Gasteiger partial charge is 0.0726 e. The predicted octanol–water partition coefficient (Wildman–Crippen LogP) is 2.05. The fraction of sp³-hybridized carbons (Fsp3) is 0.714. The molecule has 3 nitrogen and oxygen atoms in total. The van der Waals surface area contributed by atoms with Gasteiger partial charge in [0.2, 0.25) is 0 Å². The maximum Gasteiger partial charge on any atom is 0.0726 e. The van der Waals surface area contributed by atoms with Crippen molar-refractivity contribution in [3.63, 3.8) is 0 Å². The zero-order valence-corrected chi connectivity index (χ0v) is 11.4. The van der Waals surface area contributed by atoms with Crippen molar-refractivity contribution in [2.45, 2.75) is 52.4 Å². The molecule has 0 unspecified atom stereocenters. The Labute approximate surface area is 104 Å². The molecule has 2 rings (SSSR count). The number of nitrogens with two attached hydrogens (primary N) is 1. The molecule has 0 spiro atoms. The molecule has 3 atom stereocenters. The molecule has 1 aliphatic heterocycles. The Balaban J connectivity index is 2.18. The van der Waals surface area contributed by atoms with E-state index in [2.05, 4.69) is 38.7 Å². The van der Waals surface area contributed by atoms with E-state index in [0.29, 0.717) is 12.2 Å². The summed E-state index contributed by atoms with van der Waals surface area (Å²) in [6, 6.07) is 0.203. The van der Waals surface area contributed by atoms with Gasteiger partial charge in [-0.25, -0.2) is 0 Å². The first-order valence-electron chi connectivity index (χ1n) is 6.53. The first kappa shape index (κ1) is 12.7. The summed E-state index contributed by atoms with van der Waals surface area (Å²) in [5, 5.41) is 0. The van der Waals surface area contributed by atoms with Crippen LogP contribution in [0.25, 0.3) is 0 Å². The number of allylic oxidation sites excluding steroid dienone is 1. The maximum atomic E-state index is 6.07. The molecule has 96 valence electrons. The summed E-state index contributed by atoms with van der Waals surface area (Å²) in [7, 11) is 0. The average Bonchev–Trinajstić information content (AvgIpc) is 2.24. The molecule has 17 heavy (non-hydrogen) atoms. The van der Waals surface area contributed by atoms with Gasteiger partial charge in [-0.05, 0) is 39.7 Å². The lowest BCUT2D eigenvalue weighted by Gasteiger charge is -2.40. The van der Waals surface area contributed by atoms with Gasteiger partial charge in [-0.15, -0.1) is 0 Å². The lowest BCUT2D eigenvalue weighted by Crippen LogP contribution is -2.45. The molecule has 0 aromatic rings. The van der Waals surface area contributed by atoms with E-state index in [1.165, 1.54) is 16.8 Å². The summed E-state index contributed by atoms with van der Waals surface area (Å²) in [5.74, 6) is 0. The summed E-state index contributed by atoms with van der Waals surface area (Å²) < 4.78 is 5.78. The summed E-state index contributed by atoms with van der Waals surface area (Å²) >= 11 is 0. The minimum absolute atomic E-state index is 0.203. The van der Waals surface area contributed by atoms with Crippen LogP contribution in [0.2, 0.25) is 0 Å². The van der Waals surface area contributed by atoms with Crippen LogP contribution in [0.5, 0.6) is 0 Å². The molecule has 2 N–H and O–H groups in total. The third-order valence-corrected chi connectivity index (χ3v) is 3.86. The average molecular weight is 236 g/mol. The van der Waals surface area contributed by atoms with Crippen LogP contribution in [0.3, 0.4) is 0 Å². The van der Waals surface area contributed by atoms with E-state index in [0.717, 1.165) is 19.5 Å². The molecule has 0 bridgehead atoms. The zero-order chi connectivity index (χ0) is 12.6. The summed E-state index contributed by atoms with van der Waals surface area (Å²) in [4.78, 5) is 2.45. The molecule has 1 aliphatic carbocycles. The van der Waals surface area contributed by atoms with Crippen molar-refractivity contribution in [3.8, 4) is 0 Å². The highest BCUT2D eigenvalue weighted by Gasteiger charge is 2.26. The molecule has 1 heterocycles. The number of nitrogens with zero attached hydrogens (tertiary/aromatic N) is 1. The number of hydrogen-bond donors (Lipinski definition) is 1. The van der Waals surface area contributed by atoms with Gasteiger partial charge in [-0.3, -0.25) is 0 Å². The van der Waals surface area contributed by atoms with Gasteiger partial charge in [0.1, 0.15) is 0 Å². The molecule has 0 saturated carbocycles. The normalized spacial score (nSPS) is 35.0. The highest BCUT2D eigenvalue weighted by Crippen LogP contribution is 2.28. The molecular formula is C14H24N2O. The van der Waals surface area contributed by atoms with E-state index >= 15 is 0 Å². The quantitative estimate of drug-likeness (QED) is 0.757. The second-order valence-corrected chi connectivity index (χ2v) is 5.40. The van der Waals surface area contributed by atoms with Crippen LogP contribution < -0.4 is 5.73 Å². The fourth-order valence-corrected chi connectivity index (χ4v) is 2.79. The van der Waals surface area contributed by atoms with Gasteiger partial charge < -0.3 is 15.4 Å². The van der Waals surface area contributed by atoms with Gasteiger partial charge in [-0.2, -0.15) is 0 Å². The standard InChI is InChI=1S/C14H24N2O/c1-9-7-16(8-10(2)17-9)14-6-5-13(15)11(3)12(14)4/h6,9-10,13H,5,7-8,15H2,1-4H3/t9-,10+,13-/m1/s1. The first-order valence-corrected chi connectivity index (χ1v) is 6.53. The van der Waals surface area contributed by atoms with E-state index < -0.39 is 0 Å². The molecule has 0 aromatic heterocycles. The van der Waals surface area contributed by atoms with Crippen LogP contribution in [-0.4, -0.2) is 36.2 Å². The third-order valence-electron chi connectivity index (χ3n) is 3.86. The van der Waals surface area contributed by atoms with Crippen LogP contribution in [0.15, 0.2) is 22.9 Å². The second-order valence-electron chi connectivity index (χ2n) is 5.40. The Morgan fingerprint density at radius 3 is 2.41 bits per heavy atom. The van der Waals surface area contributed by atoms with Gasteiger partial charge in [0.25, 0.3) is 0 Å². The maximum absolute atomic E-state index is 6.07. The topological polar surface area (TPSA) is 38.5 Å². The van der Waals surface area contributed by atoms with Gasteiger partial charge in [0.15, 0.2) is 0 Å². The van der Waals surface area contributed by atoms with Gasteiger partial charge >= 0.3 is 0 Å². The minimum atomic E-state index is 0.203. The molecular weight excluding hydrogens is 212 g/mol. The van der Waals surface area contributed by atoms with Gasteiger partial charge in [0.05, 0.1) is 12.2 Å². The Morgan fingerprint density at radius 1 is 1.24 bits per heavy atom. The molecule has 0 radical (unpaired) electrons. The van der Waals surface area contributed by atoms with Gasteiger partial charge in [-0.1, -0.05) is 11.6 Å². The molecule has 2 aliphatic rings. The van der Waals surface area contributed by atoms with Crippen molar-refractivity contribution in [3.05, 3.63) is 22.9 Å². The summed E-state index contributed by atoms with van der Waals surface area (Å²) in [6.45, 7) is 10.6. The fourth-order valence-electron chi connectivity index (χ4n) is 2.79. The minimum Gasteiger partial charge on any atom is -0.372 e. The lowest BCUT2D eigenvalue weighted by atomic mass is 9.92. The van der Waals surface area contributed by atoms with Crippen LogP contribution in [0.1, 0.15) is 34.1 Å². The van der Waals surface area contributed by atoms with E-state index in [1.807, 2.05) is 0 Å². The number of morpholine rings is 1. The van der Waals surface area contributed by atoms with E-state index in [4.69, 9.17) is 10.5 Å². The van der Waals surface area contributed by atoms with Gasteiger partial charge in [0, 0.05) is 24.8 Å². The van der Waals surface area contributed by atoms with Crippen LogP contribution in [0.4, 0.5) is 0 Å². The first-order chi connectivity index (χ1) is 7.99. The monoisotopic (exact) mass is 236 g/mol. The van der Waals surface area contributed by atoms with Crippen LogP contribution in [0, 0.1) is 0 Å². The van der Waals surface area contributed by atoms with Crippen molar-refractivity contribution >= 4 is 0 Å². The highest BCUT2D eigenvalue weighted by atomic mass is 16.5. The Bertz CT molecular complexity index is 349. The van der Waals surface area contributed by atoms with Crippen LogP contribution >= 0.6 is 0 Å². The molecule has 1 saturated heterocycles. The number of rotatable bonds is 1. The third kappa shape index (κ3) is 2.55. The van der Waals surface area contributed by atoms with Crippen molar-refractivity contribution in [2.24, 2.45) is 5.73 Å². The lowest BCUT2D eigenvalue weighted by molar-refractivity contribution is -0.0572. The van der Waals surface area contributed by atoms with E-state index in [9.17, 15) is 0 Å². The van der Waals surface area contributed by atoms with E-state index in [-0.39, 0.29) is 6.04 Å². The predicted molar refractivity (Wildman–Crippen MR) is 70.6 cm³/mol. The van der Waals surface area contributed by atoms with Crippen LogP contribution in [-0.2, 0) is 4.74 Å². The van der Waals surface area contributed by atoms with Crippen molar-refractivity contribution < 1.29 is 4.74 Å². The van der Waals surface area contributed by atoms with E-state index in [1.54, 1.807) is 0 Å². The molecule has 1 fully saturated rings. The Kier molecular flexibility index (Phi) is 3.59. The molecule has 3 heteroatoms. The Hall–Kier alpha value is -0.800. The second kappa shape index (κ2) is 4.83. The SMILES string of the molecule is CC1=C(C)[C@H](N)CC=C1N1C[C@@H](C)O[C@@H](C)C1. The van der Waals surface area contributed by atoms with Crippen molar-refractivity contribution in [2.75, 3.05) is 13.1 Å². The highest BCUT2D eigenvalue weighted by molar-refractivity contribution is 5.38. The summed E-state index contributed by atoms with van der Waals surface area (Å²) in [6.07, 6.45) is 3.86. The summed E-state index contributed by atoms with van der Waals surface area (Å²) in [5.41, 5.74) is 10.1. The number of ether oxygens (including phenoxy) is 1. The molecule has 0 amide bonds. The number of hydrogen-bond acceptors (Lipinski definition) is 3.